The van der Waals surface area contributed by atoms with Crippen LogP contribution in [0.1, 0.15) is 21.5 Å². The maximum Gasteiger partial charge on any atom is 0.193 e. The zero-order valence-corrected chi connectivity index (χ0v) is 9.71. The van der Waals surface area contributed by atoms with Gasteiger partial charge in [-0.1, -0.05) is 0 Å². The van der Waals surface area contributed by atoms with Crippen LogP contribution in [0, 0.1) is 18.6 Å². The quantitative estimate of drug-likeness (QED) is 0.654. The maximum absolute atomic E-state index is 13.2. The molecule has 0 atom stereocenters. The monoisotopic (exact) mass is 247 g/mol. The number of nitrogens with two attached hydrogens (primary N) is 1. The number of rotatable bonds is 2. The van der Waals surface area contributed by atoms with E-state index in [0.717, 1.165) is 12.1 Å². The number of ketones is 1. The fourth-order valence-corrected chi connectivity index (χ4v) is 1.70. The van der Waals surface area contributed by atoms with E-state index >= 15 is 0 Å². The summed E-state index contributed by atoms with van der Waals surface area (Å²) < 4.78 is 26.3. The molecular weight excluding hydrogens is 236 g/mol. The third-order valence-electron chi connectivity index (χ3n) is 2.60. The lowest BCUT2D eigenvalue weighted by Crippen LogP contribution is -2.04. The number of benzene rings is 2. The van der Waals surface area contributed by atoms with Crippen LogP contribution >= 0.6 is 0 Å². The molecule has 0 aliphatic carbocycles. The molecule has 2 aromatic carbocycles. The fraction of sp³-hybridized carbons (Fsp3) is 0.0714. The van der Waals surface area contributed by atoms with E-state index in [9.17, 15) is 13.6 Å². The lowest BCUT2D eigenvalue weighted by atomic mass is 10.0. The Bertz CT molecular complexity index is 603. The predicted octanol–water partition coefficient (Wildman–Crippen LogP) is 3.09. The van der Waals surface area contributed by atoms with E-state index in [4.69, 9.17) is 5.73 Å². The Morgan fingerprint density at radius 3 is 2.39 bits per heavy atom. The minimum atomic E-state index is -0.572. The first kappa shape index (κ1) is 12.2. The Morgan fingerprint density at radius 2 is 1.78 bits per heavy atom. The van der Waals surface area contributed by atoms with Crippen molar-refractivity contribution in [1.82, 2.24) is 0 Å². The van der Waals surface area contributed by atoms with Crippen LogP contribution in [0.5, 0.6) is 0 Å². The topological polar surface area (TPSA) is 43.1 Å². The molecule has 18 heavy (non-hydrogen) atoms. The number of hydrogen-bond acceptors (Lipinski definition) is 2. The third kappa shape index (κ3) is 2.37. The van der Waals surface area contributed by atoms with E-state index in [-0.39, 0.29) is 22.9 Å². The van der Waals surface area contributed by atoms with Gasteiger partial charge in [0.1, 0.15) is 11.6 Å². The molecule has 92 valence electrons. The summed E-state index contributed by atoms with van der Waals surface area (Å²) in [5.74, 6) is -1.34. The van der Waals surface area contributed by atoms with Gasteiger partial charge in [-0.2, -0.15) is 0 Å². The Morgan fingerprint density at radius 1 is 1.06 bits per heavy atom. The molecule has 2 N–H and O–H groups in total. The largest absolute Gasteiger partial charge is 0.399 e. The van der Waals surface area contributed by atoms with Crippen LogP contribution in [0.4, 0.5) is 14.5 Å². The van der Waals surface area contributed by atoms with Crippen molar-refractivity contribution >= 4 is 11.5 Å². The van der Waals surface area contributed by atoms with Gasteiger partial charge >= 0.3 is 0 Å². The standard InChI is InChI=1S/C14H11F2NO/c1-8-4-9(2-3-13(8)16)14(18)10-5-11(15)7-12(17)6-10/h2-7H,17H2,1H3. The van der Waals surface area contributed by atoms with Crippen LogP contribution < -0.4 is 5.73 Å². The minimum Gasteiger partial charge on any atom is -0.399 e. The van der Waals surface area contributed by atoms with Gasteiger partial charge in [-0.25, -0.2) is 8.78 Å². The summed E-state index contributed by atoms with van der Waals surface area (Å²) in [5, 5.41) is 0. The van der Waals surface area contributed by atoms with E-state index in [0.29, 0.717) is 11.1 Å². The second-order valence-corrected chi connectivity index (χ2v) is 4.07. The second kappa shape index (κ2) is 4.56. The van der Waals surface area contributed by atoms with Crippen molar-refractivity contribution in [1.29, 1.82) is 0 Å². The van der Waals surface area contributed by atoms with Crippen molar-refractivity contribution in [2.75, 3.05) is 5.73 Å². The smallest absolute Gasteiger partial charge is 0.193 e. The molecule has 0 radical (unpaired) electrons. The number of aryl methyl sites for hydroxylation is 1. The SMILES string of the molecule is Cc1cc(C(=O)c2cc(N)cc(F)c2)ccc1F. The van der Waals surface area contributed by atoms with Crippen molar-refractivity contribution < 1.29 is 13.6 Å². The highest BCUT2D eigenvalue weighted by Crippen LogP contribution is 2.17. The van der Waals surface area contributed by atoms with Gasteiger partial charge in [0.05, 0.1) is 0 Å². The van der Waals surface area contributed by atoms with Crippen molar-refractivity contribution in [3.8, 4) is 0 Å². The van der Waals surface area contributed by atoms with Crippen LogP contribution in [-0.2, 0) is 0 Å². The molecule has 0 aliphatic heterocycles. The lowest BCUT2D eigenvalue weighted by molar-refractivity contribution is 0.103. The van der Waals surface area contributed by atoms with Crippen LogP contribution in [-0.4, -0.2) is 5.78 Å². The van der Waals surface area contributed by atoms with Gasteiger partial charge in [-0.3, -0.25) is 4.79 Å². The molecule has 0 amide bonds. The van der Waals surface area contributed by atoms with Gasteiger partial charge in [-0.05, 0) is 48.9 Å². The van der Waals surface area contributed by atoms with Crippen LogP contribution in [0.3, 0.4) is 0 Å². The average Bonchev–Trinajstić information content (AvgIpc) is 2.30. The molecule has 2 aromatic rings. The Labute approximate surface area is 103 Å². The third-order valence-corrected chi connectivity index (χ3v) is 2.60. The lowest BCUT2D eigenvalue weighted by Gasteiger charge is -2.04. The van der Waals surface area contributed by atoms with Gasteiger partial charge in [0, 0.05) is 16.8 Å². The first-order valence-corrected chi connectivity index (χ1v) is 5.34. The van der Waals surface area contributed by atoms with E-state index in [2.05, 4.69) is 0 Å². The molecule has 0 saturated heterocycles. The molecule has 0 aromatic heterocycles. The molecule has 0 unspecified atom stereocenters. The Hall–Kier alpha value is -2.23. The molecule has 0 saturated carbocycles. The summed E-state index contributed by atoms with van der Waals surface area (Å²) in [6, 6.07) is 7.64. The van der Waals surface area contributed by atoms with Gasteiger partial charge in [0.15, 0.2) is 5.78 Å². The summed E-state index contributed by atoms with van der Waals surface area (Å²) in [6.07, 6.45) is 0. The number of carbonyl (C=O) groups excluding carboxylic acids is 1. The average molecular weight is 247 g/mol. The summed E-state index contributed by atoms with van der Waals surface area (Å²) in [6.45, 7) is 1.56. The highest BCUT2D eigenvalue weighted by atomic mass is 19.1. The van der Waals surface area contributed by atoms with Crippen LogP contribution in [0.25, 0.3) is 0 Å². The van der Waals surface area contributed by atoms with Gasteiger partial charge in [-0.15, -0.1) is 0 Å². The Balaban J connectivity index is 2.44. The fourth-order valence-electron chi connectivity index (χ4n) is 1.70. The molecule has 0 spiro atoms. The molecule has 0 bridgehead atoms. The molecule has 0 heterocycles. The highest BCUT2D eigenvalue weighted by molar-refractivity contribution is 6.09. The number of halogens is 2. The van der Waals surface area contributed by atoms with Gasteiger partial charge in [0.2, 0.25) is 0 Å². The second-order valence-electron chi connectivity index (χ2n) is 4.07. The van der Waals surface area contributed by atoms with Crippen molar-refractivity contribution in [3.63, 3.8) is 0 Å². The number of carbonyl (C=O) groups is 1. The Kier molecular flexibility index (Phi) is 3.10. The van der Waals surface area contributed by atoms with Crippen LogP contribution in [0.15, 0.2) is 36.4 Å². The number of nitrogen functional groups attached to an aromatic ring is 1. The van der Waals surface area contributed by atoms with E-state index < -0.39 is 5.82 Å². The van der Waals surface area contributed by atoms with Crippen molar-refractivity contribution in [2.24, 2.45) is 0 Å². The summed E-state index contributed by atoms with van der Waals surface area (Å²) in [4.78, 5) is 12.1. The zero-order chi connectivity index (χ0) is 13.3. The molecule has 4 heteroatoms. The molecule has 2 nitrogen and oxygen atoms in total. The predicted molar refractivity (Wildman–Crippen MR) is 65.4 cm³/mol. The number of hydrogen-bond donors (Lipinski definition) is 1. The first-order valence-electron chi connectivity index (χ1n) is 5.34. The summed E-state index contributed by atoms with van der Waals surface area (Å²) in [7, 11) is 0. The van der Waals surface area contributed by atoms with E-state index in [1.54, 1.807) is 6.92 Å². The van der Waals surface area contributed by atoms with Gasteiger partial charge < -0.3 is 5.73 Å². The normalized spacial score (nSPS) is 10.4. The van der Waals surface area contributed by atoms with Gasteiger partial charge in [0.25, 0.3) is 0 Å². The molecule has 0 aliphatic rings. The highest BCUT2D eigenvalue weighted by Gasteiger charge is 2.12. The summed E-state index contributed by atoms with van der Waals surface area (Å²) in [5.41, 5.74) is 6.48. The molecule has 0 fully saturated rings. The number of anilines is 1. The van der Waals surface area contributed by atoms with Crippen molar-refractivity contribution in [3.05, 3.63) is 64.7 Å². The first-order chi connectivity index (χ1) is 8.47. The van der Waals surface area contributed by atoms with Crippen LogP contribution in [0.2, 0.25) is 0 Å². The van der Waals surface area contributed by atoms with E-state index in [1.165, 1.54) is 24.3 Å². The maximum atomic E-state index is 13.2. The van der Waals surface area contributed by atoms with E-state index in [1.807, 2.05) is 0 Å². The molecule has 2 rings (SSSR count). The van der Waals surface area contributed by atoms with Crippen molar-refractivity contribution in [2.45, 2.75) is 6.92 Å². The molecular formula is C14H11F2NO. The summed E-state index contributed by atoms with van der Waals surface area (Å²) >= 11 is 0. The minimum absolute atomic E-state index is 0.151. The zero-order valence-electron chi connectivity index (χ0n) is 9.71.